The summed E-state index contributed by atoms with van der Waals surface area (Å²) in [6, 6.07) is 5.84. The second-order valence-electron chi connectivity index (χ2n) is 2.31. The van der Waals surface area contributed by atoms with Gasteiger partial charge < -0.3 is 5.73 Å². The molecule has 1 rings (SSSR count). The molecule has 0 aliphatic heterocycles. The van der Waals surface area contributed by atoms with Crippen molar-refractivity contribution in [3.8, 4) is 0 Å². The second kappa shape index (κ2) is 5.36. The van der Waals surface area contributed by atoms with Gasteiger partial charge in [-0.15, -0.1) is 24.0 Å². The van der Waals surface area contributed by atoms with Crippen molar-refractivity contribution in [3.63, 3.8) is 0 Å². The third-order valence-electron chi connectivity index (χ3n) is 1.46. The molecule has 0 heterocycles. The van der Waals surface area contributed by atoms with E-state index in [0.29, 0.717) is 5.88 Å². The molecule has 0 spiro atoms. The average Bonchev–Trinajstić information content (AvgIpc) is 2.05. The molecule has 1 unspecified atom stereocenters. The molecule has 1 aromatic rings. The maximum atomic E-state index is 12.4. The fourth-order valence-electron chi connectivity index (χ4n) is 0.799. The Bertz CT molecular complexity index is 225. The van der Waals surface area contributed by atoms with Gasteiger partial charge in [-0.1, -0.05) is 12.1 Å². The summed E-state index contributed by atoms with van der Waals surface area (Å²) in [5, 5.41) is 0. The quantitative estimate of drug-likeness (QED) is 0.745. The van der Waals surface area contributed by atoms with E-state index in [-0.39, 0.29) is 24.3 Å². The van der Waals surface area contributed by atoms with Crippen LogP contribution in [0.25, 0.3) is 0 Å². The Balaban J connectivity index is 0.00000121. The fraction of sp³-hybridized carbons (Fsp3) is 0.250. The lowest BCUT2D eigenvalue weighted by atomic mass is 10.1. The number of nitrogens with two attached hydrogens (primary N) is 1. The van der Waals surface area contributed by atoms with E-state index in [1.807, 2.05) is 0 Å². The lowest BCUT2D eigenvalue weighted by Gasteiger charge is -2.06. The van der Waals surface area contributed by atoms with E-state index in [1.165, 1.54) is 12.1 Å². The Morgan fingerprint density at radius 1 is 1.33 bits per heavy atom. The number of alkyl halides is 1. The summed E-state index contributed by atoms with van der Waals surface area (Å²) in [6.45, 7) is 0. The maximum Gasteiger partial charge on any atom is 0.123 e. The first-order chi connectivity index (χ1) is 5.24. The zero-order valence-electron chi connectivity index (χ0n) is 6.34. The van der Waals surface area contributed by atoms with Gasteiger partial charge in [0.1, 0.15) is 5.82 Å². The van der Waals surface area contributed by atoms with E-state index in [2.05, 4.69) is 0 Å². The van der Waals surface area contributed by atoms with E-state index in [4.69, 9.17) is 17.3 Å². The van der Waals surface area contributed by atoms with Crippen molar-refractivity contribution in [2.45, 2.75) is 6.04 Å². The van der Waals surface area contributed by atoms with Crippen molar-refractivity contribution < 1.29 is 4.39 Å². The minimum absolute atomic E-state index is 0. The van der Waals surface area contributed by atoms with Gasteiger partial charge in [0.05, 0.1) is 0 Å². The molecule has 1 nitrogen and oxygen atoms in total. The molecule has 2 N–H and O–H groups in total. The summed E-state index contributed by atoms with van der Waals surface area (Å²) < 4.78 is 12.4. The van der Waals surface area contributed by atoms with Gasteiger partial charge in [-0.25, -0.2) is 4.39 Å². The van der Waals surface area contributed by atoms with E-state index in [1.54, 1.807) is 12.1 Å². The monoisotopic (exact) mass is 209 g/mol. The van der Waals surface area contributed by atoms with E-state index >= 15 is 0 Å². The van der Waals surface area contributed by atoms with Crippen LogP contribution in [0.3, 0.4) is 0 Å². The smallest absolute Gasteiger partial charge is 0.123 e. The number of rotatable bonds is 2. The minimum atomic E-state index is -0.254. The normalized spacial score (nSPS) is 11.9. The zero-order valence-corrected chi connectivity index (χ0v) is 7.91. The summed E-state index contributed by atoms with van der Waals surface area (Å²) in [6.07, 6.45) is 0. The molecule has 0 saturated heterocycles. The number of hydrogen-bond donors (Lipinski definition) is 1. The molecule has 4 heteroatoms. The van der Waals surface area contributed by atoms with E-state index in [9.17, 15) is 4.39 Å². The highest BCUT2D eigenvalue weighted by atomic mass is 35.5. The minimum Gasteiger partial charge on any atom is -0.323 e. The van der Waals surface area contributed by atoms with Crippen LogP contribution in [0.15, 0.2) is 24.3 Å². The molecule has 0 saturated carbocycles. The number of halogens is 3. The molecule has 1 atom stereocenters. The van der Waals surface area contributed by atoms with Gasteiger partial charge in [-0.3, -0.25) is 0 Å². The summed E-state index contributed by atoms with van der Waals surface area (Å²) >= 11 is 5.51. The fourth-order valence-corrected chi connectivity index (χ4v) is 0.977. The average molecular weight is 210 g/mol. The summed E-state index contributed by atoms with van der Waals surface area (Å²) in [7, 11) is 0. The molecular weight excluding hydrogens is 200 g/mol. The molecule has 0 aliphatic carbocycles. The third-order valence-corrected chi connectivity index (χ3v) is 1.80. The van der Waals surface area contributed by atoms with Gasteiger partial charge in [-0.05, 0) is 17.7 Å². The van der Waals surface area contributed by atoms with Gasteiger partial charge in [-0.2, -0.15) is 0 Å². The molecule has 0 bridgehead atoms. The predicted octanol–water partition coefficient (Wildman–Crippen LogP) is 2.49. The van der Waals surface area contributed by atoms with Gasteiger partial charge >= 0.3 is 0 Å². The first kappa shape index (κ1) is 11.7. The molecule has 1 aromatic carbocycles. The van der Waals surface area contributed by atoms with Gasteiger partial charge in [0, 0.05) is 11.9 Å². The largest absolute Gasteiger partial charge is 0.323 e. The van der Waals surface area contributed by atoms with Crippen molar-refractivity contribution in [2.75, 3.05) is 5.88 Å². The molecule has 0 aromatic heterocycles. The molecule has 0 amide bonds. The lowest BCUT2D eigenvalue weighted by molar-refractivity contribution is 0.626. The van der Waals surface area contributed by atoms with Crippen molar-refractivity contribution in [3.05, 3.63) is 35.6 Å². The second-order valence-corrected chi connectivity index (χ2v) is 2.62. The first-order valence-electron chi connectivity index (χ1n) is 3.31. The Morgan fingerprint density at radius 3 is 2.25 bits per heavy atom. The van der Waals surface area contributed by atoms with Crippen LogP contribution in [0, 0.1) is 5.82 Å². The SMILES string of the molecule is Cl.NC(CCl)c1ccc(F)cc1. The van der Waals surface area contributed by atoms with Crippen molar-refractivity contribution in [1.29, 1.82) is 0 Å². The van der Waals surface area contributed by atoms with Crippen molar-refractivity contribution in [1.82, 2.24) is 0 Å². The molecular formula is C8H10Cl2FN. The topological polar surface area (TPSA) is 26.0 Å². The van der Waals surface area contributed by atoms with E-state index < -0.39 is 0 Å². The van der Waals surface area contributed by atoms with E-state index in [0.717, 1.165) is 5.56 Å². The number of benzene rings is 1. The standard InChI is InChI=1S/C8H9ClFN.ClH/c9-5-8(11)6-1-3-7(10)4-2-6;/h1-4,8H,5,11H2;1H. The highest BCUT2D eigenvalue weighted by Gasteiger charge is 2.02. The Hall–Kier alpha value is -0.310. The van der Waals surface area contributed by atoms with Crippen LogP contribution in [0.2, 0.25) is 0 Å². The molecule has 68 valence electrons. The Labute approximate surface area is 82.1 Å². The van der Waals surface area contributed by atoms with Crippen LogP contribution in [0.1, 0.15) is 11.6 Å². The molecule has 0 fully saturated rings. The van der Waals surface area contributed by atoms with Crippen molar-refractivity contribution in [2.24, 2.45) is 5.73 Å². The van der Waals surface area contributed by atoms with Gasteiger partial charge in [0.2, 0.25) is 0 Å². The van der Waals surface area contributed by atoms with Crippen LogP contribution in [0.4, 0.5) is 4.39 Å². The highest BCUT2D eigenvalue weighted by molar-refractivity contribution is 6.18. The van der Waals surface area contributed by atoms with Gasteiger partial charge in [0.25, 0.3) is 0 Å². The van der Waals surface area contributed by atoms with Crippen LogP contribution in [-0.4, -0.2) is 5.88 Å². The summed E-state index contributed by atoms with van der Waals surface area (Å²) in [5.74, 6) is 0.0987. The number of hydrogen-bond acceptors (Lipinski definition) is 1. The molecule has 12 heavy (non-hydrogen) atoms. The third kappa shape index (κ3) is 2.97. The lowest BCUT2D eigenvalue weighted by Crippen LogP contribution is -2.11. The highest BCUT2D eigenvalue weighted by Crippen LogP contribution is 2.11. The van der Waals surface area contributed by atoms with Crippen molar-refractivity contribution >= 4 is 24.0 Å². The van der Waals surface area contributed by atoms with Crippen LogP contribution in [0.5, 0.6) is 0 Å². The summed E-state index contributed by atoms with van der Waals surface area (Å²) in [5.41, 5.74) is 6.45. The first-order valence-corrected chi connectivity index (χ1v) is 3.84. The summed E-state index contributed by atoms with van der Waals surface area (Å²) in [4.78, 5) is 0. The van der Waals surface area contributed by atoms with Gasteiger partial charge in [0.15, 0.2) is 0 Å². The predicted molar refractivity (Wildman–Crippen MR) is 51.3 cm³/mol. The molecule has 0 radical (unpaired) electrons. The van der Waals surface area contributed by atoms with Crippen LogP contribution >= 0.6 is 24.0 Å². The zero-order chi connectivity index (χ0) is 8.27. The Morgan fingerprint density at radius 2 is 1.83 bits per heavy atom. The van der Waals surface area contributed by atoms with Crippen LogP contribution in [-0.2, 0) is 0 Å². The van der Waals surface area contributed by atoms with Crippen LogP contribution < -0.4 is 5.73 Å². The Kier molecular flexibility index (Phi) is 5.22. The maximum absolute atomic E-state index is 12.4. The molecule has 0 aliphatic rings.